The minimum atomic E-state index is 0.846. The van der Waals surface area contributed by atoms with Crippen LogP contribution in [0.1, 0.15) is 31.2 Å². The topological polar surface area (TPSA) is 3.24 Å². The predicted molar refractivity (Wildman–Crippen MR) is 59.7 cm³/mol. The summed E-state index contributed by atoms with van der Waals surface area (Å²) < 4.78 is 0. The number of nitrogens with zero attached hydrogens (tertiary/aromatic N) is 1. The van der Waals surface area contributed by atoms with Gasteiger partial charge in [0, 0.05) is 18.3 Å². The maximum atomic E-state index is 2.64. The minimum Gasteiger partial charge on any atom is -0.368 e. The van der Waals surface area contributed by atoms with Crippen molar-refractivity contribution in [1.82, 2.24) is 0 Å². The van der Waals surface area contributed by atoms with E-state index in [0.29, 0.717) is 0 Å². The normalized spacial score (nSPS) is 25.4. The van der Waals surface area contributed by atoms with E-state index in [-0.39, 0.29) is 0 Å². The van der Waals surface area contributed by atoms with Crippen LogP contribution in [0.4, 0.5) is 5.69 Å². The number of para-hydroxylation sites is 1. The molecule has 3 rings (SSSR count). The van der Waals surface area contributed by atoms with E-state index >= 15 is 0 Å². The van der Waals surface area contributed by atoms with Gasteiger partial charge in [0.05, 0.1) is 0 Å². The predicted octanol–water partition coefficient (Wildman–Crippen LogP) is 2.99. The molecule has 0 aliphatic carbocycles. The highest BCUT2D eigenvalue weighted by molar-refractivity contribution is 5.56. The molecule has 0 N–H and O–H groups in total. The highest BCUT2D eigenvalue weighted by atomic mass is 15.2. The number of rotatable bonds is 0. The zero-order valence-corrected chi connectivity index (χ0v) is 8.58. The van der Waals surface area contributed by atoms with Gasteiger partial charge < -0.3 is 4.90 Å². The summed E-state index contributed by atoms with van der Waals surface area (Å²) in [6.07, 6.45) is 6.89. The van der Waals surface area contributed by atoms with Crippen molar-refractivity contribution in [2.24, 2.45) is 0 Å². The standard InChI is InChI=1S/C13H17N/c1-2-7-13-11(5-1)8-9-12-6-3-4-10-14(12)13/h1-2,5,7,12H,3-4,6,8-10H2/t12-/m1/s1. The average molecular weight is 187 g/mol. The van der Waals surface area contributed by atoms with Crippen LogP contribution in [0, 0.1) is 0 Å². The molecule has 1 nitrogen and oxygen atoms in total. The summed E-state index contributed by atoms with van der Waals surface area (Å²) in [5.41, 5.74) is 3.08. The zero-order chi connectivity index (χ0) is 9.38. The van der Waals surface area contributed by atoms with E-state index in [0.717, 1.165) is 6.04 Å². The van der Waals surface area contributed by atoms with Gasteiger partial charge in [-0.05, 0) is 43.7 Å². The molecule has 0 aromatic heterocycles. The lowest BCUT2D eigenvalue weighted by molar-refractivity contribution is 0.424. The van der Waals surface area contributed by atoms with Gasteiger partial charge in [0.1, 0.15) is 0 Å². The van der Waals surface area contributed by atoms with Gasteiger partial charge >= 0.3 is 0 Å². The molecule has 0 radical (unpaired) electrons. The van der Waals surface area contributed by atoms with Crippen LogP contribution in [-0.4, -0.2) is 12.6 Å². The Bertz CT molecular complexity index is 332. The molecule has 0 bridgehead atoms. The fourth-order valence-electron chi connectivity index (χ4n) is 2.94. The molecule has 74 valence electrons. The first-order valence-electron chi connectivity index (χ1n) is 5.80. The molecule has 2 heterocycles. The molecule has 1 aromatic carbocycles. The Morgan fingerprint density at radius 1 is 1.07 bits per heavy atom. The second kappa shape index (κ2) is 3.30. The Hall–Kier alpha value is -0.980. The Morgan fingerprint density at radius 3 is 3.00 bits per heavy atom. The van der Waals surface area contributed by atoms with Gasteiger partial charge in [0.15, 0.2) is 0 Å². The summed E-state index contributed by atoms with van der Waals surface area (Å²) in [7, 11) is 0. The van der Waals surface area contributed by atoms with E-state index in [1.165, 1.54) is 44.3 Å². The summed E-state index contributed by atoms with van der Waals surface area (Å²) in [5.74, 6) is 0. The molecule has 1 fully saturated rings. The third-order valence-corrected chi connectivity index (χ3v) is 3.68. The van der Waals surface area contributed by atoms with Crippen molar-refractivity contribution in [1.29, 1.82) is 0 Å². The largest absolute Gasteiger partial charge is 0.368 e. The van der Waals surface area contributed by atoms with Crippen molar-refractivity contribution < 1.29 is 0 Å². The van der Waals surface area contributed by atoms with E-state index in [9.17, 15) is 0 Å². The van der Waals surface area contributed by atoms with Gasteiger partial charge in [-0.2, -0.15) is 0 Å². The average Bonchev–Trinajstić information content (AvgIpc) is 2.29. The fourth-order valence-corrected chi connectivity index (χ4v) is 2.94. The Morgan fingerprint density at radius 2 is 2.00 bits per heavy atom. The van der Waals surface area contributed by atoms with Crippen molar-refractivity contribution in [3.63, 3.8) is 0 Å². The lowest BCUT2D eigenvalue weighted by Crippen LogP contribution is -2.42. The molecule has 0 saturated carbocycles. The number of hydrogen-bond donors (Lipinski definition) is 0. The molecule has 0 amide bonds. The SMILES string of the molecule is c1ccc2c(c1)CC[C@H]1CCCCN21. The van der Waals surface area contributed by atoms with Crippen LogP contribution in [0.2, 0.25) is 0 Å². The van der Waals surface area contributed by atoms with Crippen LogP contribution in [-0.2, 0) is 6.42 Å². The number of aryl methyl sites for hydroxylation is 1. The molecular weight excluding hydrogens is 170 g/mol. The molecule has 1 aromatic rings. The molecule has 1 saturated heterocycles. The zero-order valence-electron chi connectivity index (χ0n) is 8.58. The van der Waals surface area contributed by atoms with E-state index in [1.54, 1.807) is 5.56 Å². The quantitative estimate of drug-likeness (QED) is 0.603. The second-order valence-corrected chi connectivity index (χ2v) is 4.51. The van der Waals surface area contributed by atoms with Crippen LogP contribution in [0.15, 0.2) is 24.3 Å². The van der Waals surface area contributed by atoms with Crippen molar-refractivity contribution >= 4 is 5.69 Å². The van der Waals surface area contributed by atoms with E-state index in [4.69, 9.17) is 0 Å². The number of fused-ring (bicyclic) bond motifs is 3. The molecular formula is C13H17N. The first-order valence-corrected chi connectivity index (χ1v) is 5.80. The molecule has 14 heavy (non-hydrogen) atoms. The minimum absolute atomic E-state index is 0.846. The maximum absolute atomic E-state index is 2.64. The van der Waals surface area contributed by atoms with Gasteiger partial charge in [-0.3, -0.25) is 0 Å². The van der Waals surface area contributed by atoms with Crippen molar-refractivity contribution in [2.45, 2.75) is 38.1 Å². The first-order chi connectivity index (χ1) is 6.95. The van der Waals surface area contributed by atoms with E-state index < -0.39 is 0 Å². The molecule has 1 atom stereocenters. The Labute approximate surface area is 85.7 Å². The van der Waals surface area contributed by atoms with Crippen molar-refractivity contribution in [2.75, 3.05) is 11.4 Å². The molecule has 2 aliphatic rings. The van der Waals surface area contributed by atoms with E-state index in [2.05, 4.69) is 29.2 Å². The number of anilines is 1. The van der Waals surface area contributed by atoms with Crippen LogP contribution < -0.4 is 4.90 Å². The highest BCUT2D eigenvalue weighted by Crippen LogP contribution is 2.34. The van der Waals surface area contributed by atoms with Crippen molar-refractivity contribution in [3.8, 4) is 0 Å². The van der Waals surface area contributed by atoms with Gasteiger partial charge in [-0.15, -0.1) is 0 Å². The summed E-state index contributed by atoms with van der Waals surface area (Å²) in [5, 5.41) is 0. The monoisotopic (exact) mass is 187 g/mol. The highest BCUT2D eigenvalue weighted by Gasteiger charge is 2.27. The summed E-state index contributed by atoms with van der Waals surface area (Å²) in [6, 6.07) is 9.78. The molecule has 0 spiro atoms. The fraction of sp³-hybridized carbons (Fsp3) is 0.538. The summed E-state index contributed by atoms with van der Waals surface area (Å²) >= 11 is 0. The van der Waals surface area contributed by atoms with Crippen molar-refractivity contribution in [3.05, 3.63) is 29.8 Å². The second-order valence-electron chi connectivity index (χ2n) is 4.51. The Kier molecular flexibility index (Phi) is 1.97. The van der Waals surface area contributed by atoms with Gasteiger partial charge in [0.2, 0.25) is 0 Å². The molecule has 2 aliphatic heterocycles. The number of benzene rings is 1. The molecule has 0 unspecified atom stereocenters. The lowest BCUT2D eigenvalue weighted by atomic mass is 9.90. The van der Waals surface area contributed by atoms with E-state index in [1.807, 2.05) is 0 Å². The first kappa shape index (κ1) is 8.34. The summed E-state index contributed by atoms with van der Waals surface area (Å²) in [4.78, 5) is 2.64. The number of hydrogen-bond acceptors (Lipinski definition) is 1. The maximum Gasteiger partial charge on any atom is 0.0401 e. The summed E-state index contributed by atoms with van der Waals surface area (Å²) in [6.45, 7) is 1.28. The van der Waals surface area contributed by atoms with Gasteiger partial charge in [-0.25, -0.2) is 0 Å². The smallest absolute Gasteiger partial charge is 0.0401 e. The number of piperidine rings is 1. The van der Waals surface area contributed by atoms with Crippen LogP contribution in [0.3, 0.4) is 0 Å². The Balaban J connectivity index is 1.99. The third kappa shape index (κ3) is 1.23. The van der Waals surface area contributed by atoms with Crippen LogP contribution in [0.25, 0.3) is 0 Å². The van der Waals surface area contributed by atoms with Crippen LogP contribution >= 0.6 is 0 Å². The molecule has 1 heteroatoms. The van der Waals surface area contributed by atoms with Gasteiger partial charge in [0.25, 0.3) is 0 Å². The lowest BCUT2D eigenvalue weighted by Gasteiger charge is -2.42. The third-order valence-electron chi connectivity index (χ3n) is 3.68. The van der Waals surface area contributed by atoms with Gasteiger partial charge in [-0.1, -0.05) is 18.2 Å². The van der Waals surface area contributed by atoms with Crippen LogP contribution in [0.5, 0.6) is 0 Å².